The molecule has 1 unspecified atom stereocenters. The lowest BCUT2D eigenvalue weighted by atomic mass is 10.1. The van der Waals surface area contributed by atoms with E-state index in [1.54, 1.807) is 12.1 Å². The average molecular weight is 495 g/mol. The van der Waals surface area contributed by atoms with Crippen molar-refractivity contribution in [1.29, 1.82) is 0 Å². The molecule has 1 nitrogen and oxygen atoms in total. The number of alkyl halides is 1. The van der Waals surface area contributed by atoms with Gasteiger partial charge in [-0.1, -0.05) is 48.7 Å². The number of halogens is 5. The predicted molar refractivity (Wildman–Crippen MR) is 102 cm³/mol. The van der Waals surface area contributed by atoms with Crippen molar-refractivity contribution in [2.75, 3.05) is 13.1 Å². The second-order valence-corrected chi connectivity index (χ2v) is 7.61. The van der Waals surface area contributed by atoms with Gasteiger partial charge in [0.05, 0.1) is 23.1 Å². The molecule has 0 bridgehead atoms. The third kappa shape index (κ3) is 5.61. The summed E-state index contributed by atoms with van der Waals surface area (Å²) in [5.74, 6) is 2.89. The standard InChI is InChI=1S/C16H20Cl3IN.ClH/c1-4-7-21(8-5-2,16(20)6-3)11-13-14(18)9-12(17)10-15(13)19;/h3,9-10,16H,4-5,7-8,11H2,1-2H3;1H/q+1;/p-1. The zero-order chi connectivity index (χ0) is 16.0. The Balaban J connectivity index is 0.00000441. The number of hydrogen-bond donors (Lipinski definition) is 0. The van der Waals surface area contributed by atoms with E-state index >= 15 is 0 Å². The maximum atomic E-state index is 6.36. The molecule has 22 heavy (non-hydrogen) atoms. The number of nitrogens with zero attached hydrogens (tertiary/aromatic N) is 1. The van der Waals surface area contributed by atoms with Gasteiger partial charge in [-0.25, -0.2) is 0 Å². The Morgan fingerprint density at radius 3 is 1.95 bits per heavy atom. The Morgan fingerprint density at radius 1 is 1.14 bits per heavy atom. The van der Waals surface area contributed by atoms with Crippen LogP contribution in [0.2, 0.25) is 15.1 Å². The van der Waals surface area contributed by atoms with Crippen LogP contribution >= 0.6 is 57.4 Å². The van der Waals surface area contributed by atoms with Gasteiger partial charge in [-0.15, -0.1) is 6.42 Å². The summed E-state index contributed by atoms with van der Waals surface area (Å²) in [5.41, 5.74) is 0.932. The third-order valence-electron chi connectivity index (χ3n) is 3.54. The number of quaternary nitrogens is 1. The smallest absolute Gasteiger partial charge is 0.200 e. The molecule has 0 aliphatic carbocycles. The normalized spacial score (nSPS) is 12.4. The minimum absolute atomic E-state index is 0. The van der Waals surface area contributed by atoms with E-state index in [4.69, 9.17) is 41.2 Å². The van der Waals surface area contributed by atoms with Crippen LogP contribution in [0.1, 0.15) is 32.3 Å². The molecule has 0 aliphatic heterocycles. The van der Waals surface area contributed by atoms with Crippen LogP contribution in [0, 0.1) is 12.3 Å². The topological polar surface area (TPSA) is 0 Å². The van der Waals surface area contributed by atoms with Crippen LogP contribution in [0.25, 0.3) is 0 Å². The van der Waals surface area contributed by atoms with E-state index < -0.39 is 0 Å². The van der Waals surface area contributed by atoms with Gasteiger partial charge in [0.2, 0.25) is 4.05 Å². The maximum Gasteiger partial charge on any atom is 0.200 e. The van der Waals surface area contributed by atoms with Crippen molar-refractivity contribution in [2.45, 2.75) is 37.3 Å². The summed E-state index contributed by atoms with van der Waals surface area (Å²) < 4.78 is 0.885. The minimum atomic E-state index is 0. The molecule has 0 heterocycles. The molecule has 0 fully saturated rings. The van der Waals surface area contributed by atoms with Crippen LogP contribution in [0.4, 0.5) is 0 Å². The molecule has 0 N–H and O–H groups in total. The van der Waals surface area contributed by atoms with Gasteiger partial charge in [0.25, 0.3) is 0 Å². The monoisotopic (exact) mass is 493 g/mol. The zero-order valence-electron chi connectivity index (χ0n) is 12.7. The number of hydrogen-bond acceptors (Lipinski definition) is 0. The van der Waals surface area contributed by atoms with Gasteiger partial charge in [-0.05, 0) is 30.9 Å². The number of terminal acetylenes is 1. The van der Waals surface area contributed by atoms with Crippen LogP contribution in [0.5, 0.6) is 0 Å². The second kappa shape index (κ2) is 10.5. The van der Waals surface area contributed by atoms with Gasteiger partial charge < -0.3 is 12.4 Å². The fourth-order valence-corrected chi connectivity index (χ4v) is 4.35. The Kier molecular flexibility index (Phi) is 10.8. The SMILES string of the molecule is C#CC(I)[N+](CCC)(CCC)Cc1c(Cl)cc(Cl)cc1Cl.[Cl-]. The summed E-state index contributed by atoms with van der Waals surface area (Å²) in [7, 11) is 0. The molecule has 1 rings (SSSR count). The summed E-state index contributed by atoms with van der Waals surface area (Å²) in [5, 5.41) is 1.78. The highest BCUT2D eigenvalue weighted by atomic mass is 127. The van der Waals surface area contributed by atoms with Crippen molar-refractivity contribution in [1.82, 2.24) is 0 Å². The fourth-order valence-electron chi connectivity index (χ4n) is 2.66. The summed E-state index contributed by atoms with van der Waals surface area (Å²) in [6.45, 7) is 7.08. The largest absolute Gasteiger partial charge is 1.00 e. The van der Waals surface area contributed by atoms with Crippen molar-refractivity contribution < 1.29 is 16.9 Å². The molecule has 0 spiro atoms. The lowest BCUT2D eigenvalue weighted by molar-refractivity contribution is -0.940. The second-order valence-electron chi connectivity index (χ2n) is 5.17. The highest BCUT2D eigenvalue weighted by molar-refractivity contribution is 14.1. The summed E-state index contributed by atoms with van der Waals surface area (Å²) >= 11 is 21.1. The van der Waals surface area contributed by atoms with Gasteiger partial charge >= 0.3 is 0 Å². The Hall–Kier alpha value is 0.630. The van der Waals surface area contributed by atoms with E-state index in [1.807, 2.05) is 0 Å². The van der Waals surface area contributed by atoms with E-state index in [1.165, 1.54) is 0 Å². The molecule has 0 aliphatic rings. The van der Waals surface area contributed by atoms with Crippen LogP contribution in [0.3, 0.4) is 0 Å². The molecule has 1 aromatic carbocycles. The minimum Gasteiger partial charge on any atom is -1.00 e. The average Bonchev–Trinajstić information content (AvgIpc) is 2.42. The quantitative estimate of drug-likeness (QED) is 0.179. The highest BCUT2D eigenvalue weighted by Gasteiger charge is 2.34. The predicted octanol–water partition coefficient (Wildman–Crippen LogP) is 3.18. The number of benzene rings is 1. The molecule has 1 aromatic rings. The van der Waals surface area contributed by atoms with E-state index in [0.29, 0.717) is 15.1 Å². The summed E-state index contributed by atoms with van der Waals surface area (Å²) in [6, 6.07) is 3.49. The van der Waals surface area contributed by atoms with E-state index in [2.05, 4.69) is 42.4 Å². The summed E-state index contributed by atoms with van der Waals surface area (Å²) in [6.07, 6.45) is 7.83. The molecule has 1 atom stereocenters. The molecule has 124 valence electrons. The van der Waals surface area contributed by atoms with Crippen LogP contribution < -0.4 is 12.4 Å². The molecule has 0 aromatic heterocycles. The Labute approximate surface area is 168 Å². The van der Waals surface area contributed by atoms with Gasteiger partial charge in [0.1, 0.15) is 6.54 Å². The Morgan fingerprint density at radius 2 is 1.59 bits per heavy atom. The highest BCUT2D eigenvalue weighted by Crippen LogP contribution is 2.34. The van der Waals surface area contributed by atoms with Gasteiger partial charge in [-0.3, -0.25) is 4.48 Å². The molecule has 0 saturated heterocycles. The molecule has 0 amide bonds. The van der Waals surface area contributed by atoms with E-state index in [0.717, 1.165) is 42.5 Å². The first-order chi connectivity index (χ1) is 9.90. The van der Waals surface area contributed by atoms with Crippen molar-refractivity contribution in [3.63, 3.8) is 0 Å². The van der Waals surface area contributed by atoms with Crippen LogP contribution in [-0.4, -0.2) is 21.6 Å². The lowest BCUT2D eigenvalue weighted by Gasteiger charge is -2.41. The third-order valence-corrected chi connectivity index (χ3v) is 5.97. The zero-order valence-corrected chi connectivity index (χ0v) is 17.9. The van der Waals surface area contributed by atoms with E-state index in [-0.39, 0.29) is 16.5 Å². The van der Waals surface area contributed by atoms with E-state index in [9.17, 15) is 0 Å². The molecule has 6 heteroatoms. The van der Waals surface area contributed by atoms with Crippen molar-refractivity contribution in [3.8, 4) is 12.3 Å². The van der Waals surface area contributed by atoms with Crippen LogP contribution in [-0.2, 0) is 6.54 Å². The Bertz CT molecular complexity index is 498. The first-order valence-corrected chi connectivity index (χ1v) is 9.37. The maximum absolute atomic E-state index is 6.36. The molecular weight excluding hydrogens is 475 g/mol. The summed E-state index contributed by atoms with van der Waals surface area (Å²) in [4.78, 5) is 0. The molecule has 0 saturated carbocycles. The van der Waals surface area contributed by atoms with Crippen molar-refractivity contribution >= 4 is 57.4 Å². The fraction of sp³-hybridized carbons (Fsp3) is 0.500. The van der Waals surface area contributed by atoms with Crippen LogP contribution in [0.15, 0.2) is 12.1 Å². The molecule has 0 radical (unpaired) electrons. The van der Waals surface area contributed by atoms with Crippen molar-refractivity contribution in [3.05, 3.63) is 32.8 Å². The first kappa shape index (κ1) is 22.6. The van der Waals surface area contributed by atoms with Gasteiger partial charge in [-0.2, -0.15) is 0 Å². The number of rotatable bonds is 7. The van der Waals surface area contributed by atoms with Crippen molar-refractivity contribution in [2.24, 2.45) is 0 Å². The molecular formula is C16H20Cl4IN. The lowest BCUT2D eigenvalue weighted by Crippen LogP contribution is -3.00. The van der Waals surface area contributed by atoms with Gasteiger partial charge in [0.15, 0.2) is 0 Å². The van der Waals surface area contributed by atoms with Gasteiger partial charge in [0, 0.05) is 33.2 Å². The first-order valence-electron chi connectivity index (χ1n) is 6.99.